The molecule has 0 spiro atoms. The van der Waals surface area contributed by atoms with Crippen molar-refractivity contribution < 1.29 is 33.8 Å². The summed E-state index contributed by atoms with van der Waals surface area (Å²) >= 11 is 6.51. The van der Waals surface area contributed by atoms with Gasteiger partial charge in [0.15, 0.2) is 11.5 Å². The van der Waals surface area contributed by atoms with Gasteiger partial charge in [0.25, 0.3) is 11.8 Å². The fourth-order valence-electron chi connectivity index (χ4n) is 4.48. The summed E-state index contributed by atoms with van der Waals surface area (Å²) in [4.78, 5) is 50.4. The van der Waals surface area contributed by atoms with Crippen molar-refractivity contribution in [1.29, 1.82) is 0 Å². The second-order valence-corrected chi connectivity index (χ2v) is 9.25. The zero-order valence-corrected chi connectivity index (χ0v) is 21.0. The Kier molecular flexibility index (Phi) is 8.13. The van der Waals surface area contributed by atoms with E-state index in [1.54, 1.807) is 31.2 Å². The van der Waals surface area contributed by atoms with E-state index in [9.17, 15) is 19.2 Å². The molecule has 1 aliphatic carbocycles. The van der Waals surface area contributed by atoms with E-state index in [1.165, 1.54) is 18.2 Å². The Morgan fingerprint density at radius 1 is 1.11 bits per heavy atom. The lowest BCUT2D eigenvalue weighted by molar-refractivity contribution is -0.132. The normalized spacial score (nSPS) is 17.6. The number of barbiturate groups is 1. The topological polar surface area (TPSA) is 122 Å². The fraction of sp³-hybridized carbons (Fsp3) is 0.333. The predicted molar refractivity (Wildman–Crippen MR) is 136 cm³/mol. The van der Waals surface area contributed by atoms with Gasteiger partial charge in [-0.1, -0.05) is 43.0 Å². The van der Waals surface area contributed by atoms with Crippen LogP contribution >= 0.6 is 11.6 Å². The summed E-state index contributed by atoms with van der Waals surface area (Å²) < 4.78 is 11.6. The number of hydrogen-bond acceptors (Lipinski definition) is 6. The molecular weight excluding hydrogens is 500 g/mol. The Balaban J connectivity index is 1.59. The largest absolute Gasteiger partial charge is 0.490 e. The minimum Gasteiger partial charge on any atom is -0.490 e. The SMILES string of the molecule is CCOc1cc(C=C2C(=O)NC(=O)N(C3CCCCC3)C2=O)cc(Cl)c1OCc1ccc(C(=O)O)cc1. The van der Waals surface area contributed by atoms with Crippen molar-refractivity contribution in [3.63, 3.8) is 0 Å². The summed E-state index contributed by atoms with van der Waals surface area (Å²) in [5.74, 6) is -1.82. The van der Waals surface area contributed by atoms with Gasteiger partial charge in [-0.15, -0.1) is 0 Å². The second-order valence-electron chi connectivity index (χ2n) is 8.84. The van der Waals surface area contributed by atoms with Crippen molar-refractivity contribution >= 4 is 41.5 Å². The van der Waals surface area contributed by atoms with E-state index in [0.29, 0.717) is 30.8 Å². The van der Waals surface area contributed by atoms with Gasteiger partial charge < -0.3 is 14.6 Å². The zero-order valence-electron chi connectivity index (χ0n) is 20.3. The third-order valence-corrected chi connectivity index (χ3v) is 6.58. The third kappa shape index (κ3) is 5.94. The van der Waals surface area contributed by atoms with E-state index in [0.717, 1.165) is 29.7 Å². The number of aromatic carboxylic acids is 1. The van der Waals surface area contributed by atoms with Crippen molar-refractivity contribution in [3.05, 3.63) is 63.7 Å². The first-order valence-corrected chi connectivity index (χ1v) is 12.5. The molecule has 2 N–H and O–H groups in total. The Hall–Kier alpha value is -3.85. The molecule has 0 radical (unpaired) electrons. The smallest absolute Gasteiger partial charge is 0.335 e. The van der Waals surface area contributed by atoms with E-state index in [2.05, 4.69) is 5.32 Å². The average molecular weight is 527 g/mol. The van der Waals surface area contributed by atoms with Crippen molar-refractivity contribution in [1.82, 2.24) is 10.2 Å². The van der Waals surface area contributed by atoms with Crippen LogP contribution in [0.4, 0.5) is 4.79 Å². The number of carbonyl (C=O) groups excluding carboxylic acids is 3. The molecular formula is C27H27ClN2O7. The first-order valence-electron chi connectivity index (χ1n) is 12.1. The molecule has 4 amide bonds. The highest BCUT2D eigenvalue weighted by molar-refractivity contribution is 6.33. The summed E-state index contributed by atoms with van der Waals surface area (Å²) in [6.07, 6.45) is 5.73. The van der Waals surface area contributed by atoms with Gasteiger partial charge >= 0.3 is 12.0 Å². The number of imide groups is 2. The van der Waals surface area contributed by atoms with E-state index >= 15 is 0 Å². The minimum atomic E-state index is -1.02. The van der Waals surface area contributed by atoms with Crippen LogP contribution in [0, 0.1) is 0 Å². The molecule has 0 bridgehead atoms. The number of rotatable bonds is 8. The van der Waals surface area contributed by atoms with Crippen LogP contribution in [-0.4, -0.2) is 46.5 Å². The molecule has 4 rings (SSSR count). The molecule has 1 aliphatic heterocycles. The number of ether oxygens (including phenoxy) is 2. The number of urea groups is 1. The van der Waals surface area contributed by atoms with E-state index in [1.807, 2.05) is 0 Å². The Morgan fingerprint density at radius 2 is 1.81 bits per heavy atom. The monoisotopic (exact) mass is 526 g/mol. The zero-order chi connectivity index (χ0) is 26.5. The molecule has 9 nitrogen and oxygen atoms in total. The highest BCUT2D eigenvalue weighted by Crippen LogP contribution is 2.38. The van der Waals surface area contributed by atoms with Crippen LogP contribution in [-0.2, 0) is 16.2 Å². The molecule has 2 aliphatic rings. The predicted octanol–water partition coefficient (Wildman–Crippen LogP) is 4.81. The van der Waals surface area contributed by atoms with Crippen LogP contribution in [0.2, 0.25) is 5.02 Å². The van der Waals surface area contributed by atoms with Crippen LogP contribution in [0.5, 0.6) is 11.5 Å². The van der Waals surface area contributed by atoms with Crippen LogP contribution in [0.3, 0.4) is 0 Å². The van der Waals surface area contributed by atoms with Gasteiger partial charge in [0.2, 0.25) is 0 Å². The number of amides is 4. The maximum absolute atomic E-state index is 13.2. The third-order valence-electron chi connectivity index (χ3n) is 6.30. The van der Waals surface area contributed by atoms with Gasteiger partial charge in [-0.2, -0.15) is 0 Å². The number of nitrogens with one attached hydrogen (secondary N) is 1. The van der Waals surface area contributed by atoms with Crippen molar-refractivity contribution in [2.24, 2.45) is 0 Å². The summed E-state index contributed by atoms with van der Waals surface area (Å²) in [6.45, 7) is 2.21. The number of carboxylic acids is 1. The number of hydrogen-bond donors (Lipinski definition) is 2. The molecule has 1 saturated heterocycles. The molecule has 2 fully saturated rings. The highest BCUT2D eigenvalue weighted by Gasteiger charge is 2.40. The van der Waals surface area contributed by atoms with Crippen molar-refractivity contribution in [3.8, 4) is 11.5 Å². The number of nitrogens with zero attached hydrogens (tertiary/aromatic N) is 1. The number of carbonyl (C=O) groups is 4. The van der Waals surface area contributed by atoms with Crippen LogP contribution in [0.15, 0.2) is 42.0 Å². The molecule has 2 aromatic rings. The van der Waals surface area contributed by atoms with Crippen LogP contribution < -0.4 is 14.8 Å². The Bertz CT molecular complexity index is 1250. The van der Waals surface area contributed by atoms with Gasteiger partial charge in [-0.25, -0.2) is 9.59 Å². The molecule has 194 valence electrons. The van der Waals surface area contributed by atoms with Gasteiger partial charge in [-0.05, 0) is 61.2 Å². The lowest BCUT2D eigenvalue weighted by Crippen LogP contribution is -2.58. The maximum atomic E-state index is 13.2. The van der Waals surface area contributed by atoms with Gasteiger partial charge in [0.1, 0.15) is 12.2 Å². The second kappa shape index (κ2) is 11.5. The minimum absolute atomic E-state index is 0.111. The Labute approximate surface area is 219 Å². The number of benzene rings is 2. The molecule has 1 heterocycles. The summed E-state index contributed by atoms with van der Waals surface area (Å²) in [5.41, 5.74) is 1.17. The van der Waals surface area contributed by atoms with E-state index in [4.69, 9.17) is 26.2 Å². The number of halogens is 1. The average Bonchev–Trinajstić information content (AvgIpc) is 2.87. The lowest BCUT2D eigenvalue weighted by Gasteiger charge is -2.35. The number of carboxylic acid groups (broad SMARTS) is 1. The molecule has 0 atom stereocenters. The molecule has 1 saturated carbocycles. The Morgan fingerprint density at radius 3 is 2.46 bits per heavy atom. The standard InChI is InChI=1S/C27H27ClN2O7/c1-2-36-22-14-17(13-21(28)23(22)37-15-16-8-10-18(11-9-16)26(33)34)12-20-24(31)29-27(35)30(25(20)32)19-6-4-3-5-7-19/h8-14,19H,2-7,15H2,1H3,(H,33,34)(H,29,31,35). The van der Waals surface area contributed by atoms with Crippen molar-refractivity contribution in [2.75, 3.05) is 6.61 Å². The van der Waals surface area contributed by atoms with Crippen LogP contribution in [0.25, 0.3) is 6.08 Å². The van der Waals surface area contributed by atoms with Gasteiger partial charge in [0, 0.05) is 6.04 Å². The first kappa shape index (κ1) is 26.2. The van der Waals surface area contributed by atoms with Crippen molar-refractivity contribution in [2.45, 2.75) is 51.7 Å². The van der Waals surface area contributed by atoms with Gasteiger partial charge in [0.05, 0.1) is 17.2 Å². The quantitative estimate of drug-likeness (QED) is 0.374. The lowest BCUT2D eigenvalue weighted by atomic mass is 9.93. The van der Waals surface area contributed by atoms with E-state index in [-0.39, 0.29) is 34.6 Å². The maximum Gasteiger partial charge on any atom is 0.335 e. The summed E-state index contributed by atoms with van der Waals surface area (Å²) in [6, 6.07) is 8.47. The molecule has 0 unspecified atom stereocenters. The summed E-state index contributed by atoms with van der Waals surface area (Å²) in [5, 5.41) is 11.5. The fourth-order valence-corrected chi connectivity index (χ4v) is 4.76. The van der Waals surface area contributed by atoms with Gasteiger partial charge in [-0.3, -0.25) is 19.8 Å². The molecule has 10 heteroatoms. The summed E-state index contributed by atoms with van der Waals surface area (Å²) in [7, 11) is 0. The van der Waals surface area contributed by atoms with Crippen LogP contribution in [0.1, 0.15) is 60.5 Å². The highest BCUT2D eigenvalue weighted by atomic mass is 35.5. The molecule has 0 aromatic heterocycles. The molecule has 2 aromatic carbocycles. The first-order chi connectivity index (χ1) is 17.8. The molecule has 37 heavy (non-hydrogen) atoms. The van der Waals surface area contributed by atoms with E-state index < -0.39 is 23.8 Å².